The van der Waals surface area contributed by atoms with Crippen molar-refractivity contribution in [2.45, 2.75) is 77.9 Å². The SMILES string of the molecule is COC(=O)[C@@H]1C[C@@H](Oc2nc3cc(OC)ccc3nc2C(F)(F)F)CN1C(=O)[C@@H](NC(=O)OC(C)(C)C)C(C)(C)C. The zero-order valence-electron chi connectivity index (χ0n) is 24.2. The Hall–Kier alpha value is -3.84. The number of alkyl halides is 3. The van der Waals surface area contributed by atoms with Crippen LogP contribution in [0.1, 0.15) is 53.7 Å². The van der Waals surface area contributed by atoms with Gasteiger partial charge in [-0.25, -0.2) is 19.6 Å². The van der Waals surface area contributed by atoms with E-state index >= 15 is 0 Å². The zero-order valence-corrected chi connectivity index (χ0v) is 24.2. The number of hydrogen-bond acceptors (Lipinski definition) is 9. The van der Waals surface area contributed by atoms with Crippen LogP contribution in [-0.4, -0.2) is 77.4 Å². The number of esters is 1. The number of carbonyl (C=O) groups excluding carboxylic acids is 3. The largest absolute Gasteiger partial charge is 0.497 e. The number of ether oxygens (including phenoxy) is 4. The fraction of sp³-hybridized carbons (Fsp3) is 0.593. The molecule has 3 atom stereocenters. The summed E-state index contributed by atoms with van der Waals surface area (Å²) in [7, 11) is 2.53. The average Bonchev–Trinajstić information content (AvgIpc) is 3.27. The van der Waals surface area contributed by atoms with Gasteiger partial charge in [0.2, 0.25) is 17.5 Å². The molecule has 2 amide bonds. The van der Waals surface area contributed by atoms with Crippen LogP contribution in [0.2, 0.25) is 0 Å². The lowest BCUT2D eigenvalue weighted by Gasteiger charge is -2.35. The minimum Gasteiger partial charge on any atom is -0.497 e. The highest BCUT2D eigenvalue weighted by Crippen LogP contribution is 2.37. The standard InChI is InChI=1S/C27H35F3N4O7/c1-25(2,3)20(33-24(37)41-26(4,5)6)22(35)34-13-15(12-18(34)23(36)39-8)40-21-19(27(28,29)30)31-16-10-9-14(38-7)11-17(16)32-21/h9-11,15,18,20H,12-13H2,1-8H3,(H,33,37)/t15-,18+,20-/m1/s1. The molecule has 1 aromatic carbocycles. The number of hydrogen-bond donors (Lipinski definition) is 1. The van der Waals surface area contributed by atoms with Gasteiger partial charge in [-0.05, 0) is 38.3 Å². The Balaban J connectivity index is 1.95. The normalized spacial score (nSPS) is 18.6. The fourth-order valence-electron chi connectivity index (χ4n) is 4.30. The molecular weight excluding hydrogens is 549 g/mol. The third-order valence-corrected chi connectivity index (χ3v) is 6.18. The highest BCUT2D eigenvalue weighted by Gasteiger charge is 2.47. The molecule has 226 valence electrons. The summed E-state index contributed by atoms with van der Waals surface area (Å²) in [6.45, 7) is 9.83. The summed E-state index contributed by atoms with van der Waals surface area (Å²) in [5.41, 5.74) is -2.95. The second-order valence-electron chi connectivity index (χ2n) is 11.7. The smallest absolute Gasteiger partial charge is 0.438 e. The van der Waals surface area contributed by atoms with Crippen LogP contribution in [0.15, 0.2) is 18.2 Å². The zero-order chi connectivity index (χ0) is 30.9. The van der Waals surface area contributed by atoms with E-state index in [-0.39, 0.29) is 24.0 Å². The Morgan fingerprint density at radius 3 is 2.22 bits per heavy atom. The van der Waals surface area contributed by atoms with Crippen LogP contribution in [0.3, 0.4) is 0 Å². The molecule has 0 bridgehead atoms. The van der Waals surface area contributed by atoms with Gasteiger partial charge in [0.25, 0.3) is 0 Å². The van der Waals surface area contributed by atoms with Crippen LogP contribution >= 0.6 is 0 Å². The van der Waals surface area contributed by atoms with Crippen molar-refractivity contribution in [1.29, 1.82) is 0 Å². The molecule has 14 heteroatoms. The van der Waals surface area contributed by atoms with Crippen molar-refractivity contribution in [3.05, 3.63) is 23.9 Å². The number of halogens is 3. The summed E-state index contributed by atoms with van der Waals surface area (Å²) in [6.07, 6.45) is -7.01. The van der Waals surface area contributed by atoms with E-state index in [0.29, 0.717) is 5.75 Å². The number of nitrogens with one attached hydrogen (secondary N) is 1. The summed E-state index contributed by atoms with van der Waals surface area (Å²) < 4.78 is 62.8. The average molecular weight is 585 g/mol. The number of alkyl carbamates (subject to hydrolysis) is 1. The van der Waals surface area contributed by atoms with Gasteiger partial charge in [-0.3, -0.25) is 4.79 Å². The summed E-state index contributed by atoms with van der Waals surface area (Å²) in [5, 5.41) is 2.56. The van der Waals surface area contributed by atoms with Gasteiger partial charge in [-0.1, -0.05) is 20.8 Å². The van der Waals surface area contributed by atoms with E-state index in [1.807, 2.05) is 0 Å². The Morgan fingerprint density at radius 2 is 1.68 bits per heavy atom. The third kappa shape index (κ3) is 7.67. The van der Waals surface area contributed by atoms with Crippen molar-refractivity contribution >= 4 is 29.0 Å². The van der Waals surface area contributed by atoms with E-state index < -0.39 is 64.9 Å². The Morgan fingerprint density at radius 1 is 1.02 bits per heavy atom. The lowest BCUT2D eigenvalue weighted by molar-refractivity contribution is -0.152. The number of rotatable bonds is 6. The summed E-state index contributed by atoms with van der Waals surface area (Å²) in [6, 6.07) is 1.87. The molecule has 0 spiro atoms. The molecule has 1 aliphatic heterocycles. The first-order valence-electron chi connectivity index (χ1n) is 12.8. The van der Waals surface area contributed by atoms with Gasteiger partial charge in [0.1, 0.15) is 29.5 Å². The molecule has 11 nitrogen and oxygen atoms in total. The first-order valence-corrected chi connectivity index (χ1v) is 12.8. The molecule has 1 N–H and O–H groups in total. The summed E-state index contributed by atoms with van der Waals surface area (Å²) in [4.78, 5) is 47.9. The van der Waals surface area contributed by atoms with E-state index in [1.54, 1.807) is 41.5 Å². The minimum atomic E-state index is -4.90. The number of benzene rings is 1. The number of likely N-dealkylation sites (tertiary alicyclic amines) is 1. The number of aromatic nitrogens is 2. The highest BCUT2D eigenvalue weighted by molar-refractivity contribution is 5.91. The van der Waals surface area contributed by atoms with Crippen LogP contribution < -0.4 is 14.8 Å². The molecule has 1 aliphatic rings. The van der Waals surface area contributed by atoms with E-state index in [9.17, 15) is 27.6 Å². The molecule has 0 saturated carbocycles. The van der Waals surface area contributed by atoms with Gasteiger partial charge in [-0.15, -0.1) is 0 Å². The van der Waals surface area contributed by atoms with Crippen LogP contribution in [0, 0.1) is 5.41 Å². The second-order valence-corrected chi connectivity index (χ2v) is 11.7. The van der Waals surface area contributed by atoms with Gasteiger partial charge in [0.05, 0.1) is 31.8 Å². The molecule has 2 heterocycles. The van der Waals surface area contributed by atoms with Crippen molar-refractivity contribution in [3.8, 4) is 11.6 Å². The maximum absolute atomic E-state index is 13.9. The van der Waals surface area contributed by atoms with E-state index in [0.717, 1.165) is 12.0 Å². The van der Waals surface area contributed by atoms with Gasteiger partial charge in [0.15, 0.2) is 0 Å². The molecule has 2 aromatic rings. The number of amides is 2. The molecule has 1 saturated heterocycles. The predicted octanol–water partition coefficient (Wildman–Crippen LogP) is 4.12. The number of nitrogens with zero attached hydrogens (tertiary/aromatic N) is 3. The minimum absolute atomic E-state index is 0.0256. The topological polar surface area (TPSA) is 129 Å². The number of carbonyl (C=O) groups is 3. The van der Waals surface area contributed by atoms with Crippen molar-refractivity contribution in [2.75, 3.05) is 20.8 Å². The Bertz CT molecular complexity index is 1300. The molecule has 0 unspecified atom stereocenters. The lowest BCUT2D eigenvalue weighted by Crippen LogP contribution is -2.57. The Kier molecular flexibility index (Phi) is 8.94. The highest BCUT2D eigenvalue weighted by atomic mass is 19.4. The van der Waals surface area contributed by atoms with Crippen LogP contribution in [0.4, 0.5) is 18.0 Å². The Labute approximate surface area is 235 Å². The maximum atomic E-state index is 13.9. The van der Waals surface area contributed by atoms with Gasteiger partial charge in [0, 0.05) is 12.5 Å². The van der Waals surface area contributed by atoms with Crippen molar-refractivity contribution < 1.29 is 46.5 Å². The molecular formula is C27H35F3N4O7. The van der Waals surface area contributed by atoms with E-state index in [2.05, 4.69) is 15.3 Å². The van der Waals surface area contributed by atoms with E-state index in [4.69, 9.17) is 18.9 Å². The fourth-order valence-corrected chi connectivity index (χ4v) is 4.30. The number of methoxy groups -OCH3 is 2. The molecule has 0 aliphatic carbocycles. The third-order valence-electron chi connectivity index (χ3n) is 6.18. The van der Waals surface area contributed by atoms with Crippen LogP contribution in [0.25, 0.3) is 11.0 Å². The van der Waals surface area contributed by atoms with Crippen LogP contribution in [-0.2, 0) is 25.2 Å². The van der Waals surface area contributed by atoms with Gasteiger partial charge in [-0.2, -0.15) is 13.2 Å². The second kappa shape index (κ2) is 11.6. The first kappa shape index (κ1) is 31.7. The van der Waals surface area contributed by atoms with Crippen LogP contribution in [0.5, 0.6) is 11.6 Å². The summed E-state index contributed by atoms with van der Waals surface area (Å²) in [5.74, 6) is -1.90. The monoisotopic (exact) mass is 584 g/mol. The number of fused-ring (bicyclic) bond motifs is 1. The molecule has 1 aromatic heterocycles. The van der Waals surface area contributed by atoms with Crippen molar-refractivity contribution in [2.24, 2.45) is 5.41 Å². The van der Waals surface area contributed by atoms with Crippen molar-refractivity contribution in [1.82, 2.24) is 20.2 Å². The molecule has 0 radical (unpaired) electrons. The quantitative estimate of drug-likeness (QED) is 0.499. The van der Waals surface area contributed by atoms with E-state index in [1.165, 1.54) is 25.3 Å². The lowest BCUT2D eigenvalue weighted by atomic mass is 9.85. The van der Waals surface area contributed by atoms with Gasteiger partial charge >= 0.3 is 18.2 Å². The first-order chi connectivity index (χ1) is 18.8. The molecule has 41 heavy (non-hydrogen) atoms. The van der Waals surface area contributed by atoms with Gasteiger partial charge < -0.3 is 29.2 Å². The molecule has 3 rings (SSSR count). The maximum Gasteiger partial charge on any atom is 0.438 e. The predicted molar refractivity (Wildman–Crippen MR) is 140 cm³/mol. The summed E-state index contributed by atoms with van der Waals surface area (Å²) >= 11 is 0. The van der Waals surface area contributed by atoms with Crippen molar-refractivity contribution in [3.63, 3.8) is 0 Å². The molecule has 1 fully saturated rings.